The van der Waals surface area contributed by atoms with Gasteiger partial charge in [-0.3, -0.25) is 0 Å². The first-order valence-corrected chi connectivity index (χ1v) is 10.1. The largest absolute Gasteiger partial charge is 0.497 e. The zero-order valence-corrected chi connectivity index (χ0v) is 17.5. The summed E-state index contributed by atoms with van der Waals surface area (Å²) in [5, 5.41) is 5.70. The molecule has 3 aromatic rings. The number of unbranched alkanes of at least 4 members (excludes halogenated alkanes) is 2. The number of alkyl halides is 3. The number of aryl methyl sites for hydroxylation is 1. The van der Waals surface area contributed by atoms with Gasteiger partial charge in [0.05, 0.1) is 7.11 Å². The Labute approximate surface area is 179 Å². The smallest absolute Gasteiger partial charge is 0.421 e. The van der Waals surface area contributed by atoms with E-state index in [-0.39, 0.29) is 11.8 Å². The Morgan fingerprint density at radius 2 is 1.55 bits per heavy atom. The van der Waals surface area contributed by atoms with Gasteiger partial charge in [0.25, 0.3) is 0 Å². The molecule has 0 bridgehead atoms. The van der Waals surface area contributed by atoms with Crippen molar-refractivity contribution in [3.63, 3.8) is 0 Å². The Balaban J connectivity index is 1.80. The first-order chi connectivity index (χ1) is 14.9. The van der Waals surface area contributed by atoms with Gasteiger partial charge < -0.3 is 15.4 Å². The second-order valence-electron chi connectivity index (χ2n) is 7.09. The first-order valence-electron chi connectivity index (χ1n) is 10.1. The average molecular weight is 430 g/mol. The highest BCUT2D eigenvalue weighted by atomic mass is 19.4. The van der Waals surface area contributed by atoms with Gasteiger partial charge in [0.2, 0.25) is 5.95 Å². The van der Waals surface area contributed by atoms with Crippen LogP contribution in [0.3, 0.4) is 0 Å². The van der Waals surface area contributed by atoms with Crippen molar-refractivity contribution < 1.29 is 17.9 Å². The van der Waals surface area contributed by atoms with Gasteiger partial charge in [-0.15, -0.1) is 0 Å². The standard InChI is InChI=1S/C23H25F3N4O/c1-3-4-5-6-16-7-9-17(10-8-16)28-21-20(23(24,25)26)15-27-22(30-21)29-18-11-13-19(31-2)14-12-18/h7-15H,3-6H2,1-2H3,(H2,27,28,29,30). The third kappa shape index (κ3) is 6.34. The van der Waals surface area contributed by atoms with Crippen LogP contribution in [0.1, 0.15) is 37.3 Å². The van der Waals surface area contributed by atoms with Crippen LogP contribution in [0.5, 0.6) is 5.75 Å². The lowest BCUT2D eigenvalue weighted by molar-refractivity contribution is -0.137. The van der Waals surface area contributed by atoms with E-state index in [4.69, 9.17) is 4.74 Å². The van der Waals surface area contributed by atoms with Crippen molar-refractivity contribution in [2.24, 2.45) is 0 Å². The van der Waals surface area contributed by atoms with E-state index in [0.29, 0.717) is 17.1 Å². The fourth-order valence-electron chi connectivity index (χ4n) is 3.02. The van der Waals surface area contributed by atoms with Crippen LogP contribution in [0.2, 0.25) is 0 Å². The molecule has 0 unspecified atom stereocenters. The fourth-order valence-corrected chi connectivity index (χ4v) is 3.02. The number of rotatable bonds is 9. The fraction of sp³-hybridized carbons (Fsp3) is 0.304. The van der Waals surface area contributed by atoms with E-state index >= 15 is 0 Å². The second kappa shape index (κ2) is 10.1. The molecule has 2 aromatic carbocycles. The lowest BCUT2D eigenvalue weighted by Gasteiger charge is -2.15. The normalized spacial score (nSPS) is 11.3. The highest BCUT2D eigenvalue weighted by molar-refractivity contribution is 5.63. The van der Waals surface area contributed by atoms with Crippen molar-refractivity contribution in [3.8, 4) is 5.75 Å². The summed E-state index contributed by atoms with van der Waals surface area (Å²) in [5.74, 6) is 0.411. The number of benzene rings is 2. The molecule has 0 atom stereocenters. The van der Waals surface area contributed by atoms with Crippen molar-refractivity contribution in [1.82, 2.24) is 9.97 Å². The van der Waals surface area contributed by atoms with Crippen LogP contribution in [0, 0.1) is 0 Å². The Morgan fingerprint density at radius 1 is 0.903 bits per heavy atom. The second-order valence-corrected chi connectivity index (χ2v) is 7.09. The van der Waals surface area contributed by atoms with Gasteiger partial charge in [-0.1, -0.05) is 31.9 Å². The minimum atomic E-state index is -4.58. The number of nitrogens with one attached hydrogen (secondary N) is 2. The number of aromatic nitrogens is 2. The van der Waals surface area contributed by atoms with Crippen LogP contribution in [0.25, 0.3) is 0 Å². The SMILES string of the molecule is CCCCCc1ccc(Nc2nc(Nc3ccc(OC)cc3)ncc2C(F)(F)F)cc1. The van der Waals surface area contributed by atoms with Crippen LogP contribution in [-0.2, 0) is 12.6 Å². The molecule has 0 aliphatic carbocycles. The van der Waals surface area contributed by atoms with Crippen molar-refractivity contribution in [2.45, 2.75) is 38.8 Å². The molecule has 0 aliphatic rings. The van der Waals surface area contributed by atoms with Gasteiger partial charge in [-0.25, -0.2) is 4.98 Å². The predicted molar refractivity (Wildman–Crippen MR) is 116 cm³/mol. The molecule has 1 aromatic heterocycles. The van der Waals surface area contributed by atoms with Crippen LogP contribution in [0.4, 0.5) is 36.3 Å². The number of ether oxygens (including phenoxy) is 1. The molecule has 3 rings (SSSR count). The first kappa shape index (κ1) is 22.4. The van der Waals surface area contributed by atoms with E-state index in [0.717, 1.165) is 37.4 Å². The number of anilines is 4. The van der Waals surface area contributed by atoms with Gasteiger partial charge in [0.1, 0.15) is 17.1 Å². The number of hydrogen-bond acceptors (Lipinski definition) is 5. The molecule has 0 saturated heterocycles. The lowest BCUT2D eigenvalue weighted by Crippen LogP contribution is -2.12. The Kier molecular flexibility index (Phi) is 7.33. The number of halogens is 3. The maximum Gasteiger partial charge on any atom is 0.421 e. The summed E-state index contributed by atoms with van der Waals surface area (Å²) in [7, 11) is 1.55. The highest BCUT2D eigenvalue weighted by Gasteiger charge is 2.35. The zero-order valence-electron chi connectivity index (χ0n) is 17.5. The van der Waals surface area contributed by atoms with Crippen molar-refractivity contribution in [1.29, 1.82) is 0 Å². The number of methoxy groups -OCH3 is 1. The van der Waals surface area contributed by atoms with E-state index in [1.54, 1.807) is 43.5 Å². The molecule has 1 heterocycles. The molecular weight excluding hydrogens is 405 g/mol. The zero-order chi connectivity index (χ0) is 22.3. The highest BCUT2D eigenvalue weighted by Crippen LogP contribution is 2.35. The molecule has 0 radical (unpaired) electrons. The van der Waals surface area contributed by atoms with Gasteiger partial charge in [-0.05, 0) is 54.8 Å². The van der Waals surface area contributed by atoms with Crippen molar-refractivity contribution in [2.75, 3.05) is 17.7 Å². The third-order valence-corrected chi connectivity index (χ3v) is 4.73. The Morgan fingerprint density at radius 3 is 2.16 bits per heavy atom. The summed E-state index contributed by atoms with van der Waals surface area (Å²) in [6.07, 6.45) is 0.529. The van der Waals surface area contributed by atoms with Gasteiger partial charge >= 0.3 is 6.18 Å². The maximum absolute atomic E-state index is 13.5. The average Bonchev–Trinajstić information content (AvgIpc) is 2.75. The number of nitrogens with zero attached hydrogens (tertiary/aromatic N) is 2. The molecule has 0 fully saturated rings. The summed E-state index contributed by atoms with van der Waals surface area (Å²) in [5.41, 5.74) is 1.38. The summed E-state index contributed by atoms with van der Waals surface area (Å²) in [4.78, 5) is 7.90. The molecule has 31 heavy (non-hydrogen) atoms. The van der Waals surface area contributed by atoms with Crippen LogP contribution >= 0.6 is 0 Å². The minimum Gasteiger partial charge on any atom is -0.497 e. The van der Waals surface area contributed by atoms with Gasteiger partial charge in [0.15, 0.2) is 0 Å². The lowest BCUT2D eigenvalue weighted by atomic mass is 10.1. The Bertz CT molecular complexity index is 974. The quantitative estimate of drug-likeness (QED) is 0.369. The molecular formula is C23H25F3N4O. The predicted octanol–water partition coefficient (Wildman–Crippen LogP) is 6.72. The van der Waals surface area contributed by atoms with Crippen LogP contribution in [-0.4, -0.2) is 17.1 Å². The van der Waals surface area contributed by atoms with Crippen molar-refractivity contribution >= 4 is 23.1 Å². The summed E-state index contributed by atoms with van der Waals surface area (Å²) < 4.78 is 45.5. The van der Waals surface area contributed by atoms with E-state index in [2.05, 4.69) is 27.5 Å². The minimum absolute atomic E-state index is 0.0526. The van der Waals surface area contributed by atoms with Crippen LogP contribution in [0.15, 0.2) is 54.7 Å². The summed E-state index contributed by atoms with van der Waals surface area (Å²) in [6.45, 7) is 2.14. The molecule has 0 saturated carbocycles. The topological polar surface area (TPSA) is 59.1 Å². The van der Waals surface area contributed by atoms with Crippen LogP contribution < -0.4 is 15.4 Å². The molecule has 0 aliphatic heterocycles. The van der Waals surface area contributed by atoms with E-state index in [1.807, 2.05) is 12.1 Å². The van der Waals surface area contributed by atoms with E-state index in [9.17, 15) is 13.2 Å². The monoisotopic (exact) mass is 430 g/mol. The van der Waals surface area contributed by atoms with Crippen molar-refractivity contribution in [3.05, 3.63) is 65.9 Å². The van der Waals surface area contributed by atoms with E-state index in [1.165, 1.54) is 0 Å². The Hall–Kier alpha value is -3.29. The van der Waals surface area contributed by atoms with Gasteiger partial charge in [0, 0.05) is 17.6 Å². The maximum atomic E-state index is 13.5. The molecule has 5 nitrogen and oxygen atoms in total. The van der Waals surface area contributed by atoms with E-state index < -0.39 is 11.7 Å². The third-order valence-electron chi connectivity index (χ3n) is 4.73. The molecule has 8 heteroatoms. The molecule has 2 N–H and O–H groups in total. The molecule has 0 spiro atoms. The summed E-state index contributed by atoms with van der Waals surface area (Å²) in [6, 6.07) is 14.3. The summed E-state index contributed by atoms with van der Waals surface area (Å²) >= 11 is 0. The number of hydrogen-bond donors (Lipinski definition) is 2. The van der Waals surface area contributed by atoms with Gasteiger partial charge in [-0.2, -0.15) is 18.2 Å². The molecule has 0 amide bonds. The molecule has 164 valence electrons.